The molecule has 1 rings (SSSR count). The second-order valence-electron chi connectivity index (χ2n) is 3.47. The molecular formula is C14H18. The van der Waals surface area contributed by atoms with E-state index in [-0.39, 0.29) is 0 Å². The SMILES string of the molecule is C=CC/C=C/c1ccc(C)c(CC)c1. The molecule has 0 amide bonds. The van der Waals surface area contributed by atoms with E-state index in [4.69, 9.17) is 0 Å². The number of hydrogen-bond donors (Lipinski definition) is 0. The van der Waals surface area contributed by atoms with Gasteiger partial charge in [0.15, 0.2) is 0 Å². The summed E-state index contributed by atoms with van der Waals surface area (Å²) in [6, 6.07) is 6.61. The molecule has 0 atom stereocenters. The molecule has 0 saturated carbocycles. The minimum atomic E-state index is 0.940. The molecule has 0 aliphatic carbocycles. The van der Waals surface area contributed by atoms with Gasteiger partial charge in [0.1, 0.15) is 0 Å². The van der Waals surface area contributed by atoms with Gasteiger partial charge in [-0.3, -0.25) is 0 Å². The van der Waals surface area contributed by atoms with Crippen LogP contribution in [-0.2, 0) is 6.42 Å². The van der Waals surface area contributed by atoms with Crippen molar-refractivity contribution in [3.8, 4) is 0 Å². The highest BCUT2D eigenvalue weighted by molar-refractivity contribution is 5.51. The molecule has 0 fully saturated rings. The Balaban J connectivity index is 2.83. The highest BCUT2D eigenvalue weighted by Gasteiger charge is 1.95. The summed E-state index contributed by atoms with van der Waals surface area (Å²) in [6.45, 7) is 8.05. The molecule has 0 aliphatic heterocycles. The second kappa shape index (κ2) is 5.43. The van der Waals surface area contributed by atoms with Crippen molar-refractivity contribution >= 4 is 6.08 Å². The first kappa shape index (κ1) is 10.8. The molecule has 0 saturated heterocycles. The van der Waals surface area contributed by atoms with Gasteiger partial charge in [-0.15, -0.1) is 6.58 Å². The van der Waals surface area contributed by atoms with Crippen molar-refractivity contribution in [2.45, 2.75) is 26.7 Å². The smallest absolute Gasteiger partial charge is 0.0169 e. The first-order chi connectivity index (χ1) is 6.77. The van der Waals surface area contributed by atoms with Crippen molar-refractivity contribution in [2.75, 3.05) is 0 Å². The van der Waals surface area contributed by atoms with E-state index in [2.05, 4.69) is 50.8 Å². The summed E-state index contributed by atoms with van der Waals surface area (Å²) in [7, 11) is 0. The summed E-state index contributed by atoms with van der Waals surface area (Å²) >= 11 is 0. The van der Waals surface area contributed by atoms with Crippen molar-refractivity contribution < 1.29 is 0 Å². The number of benzene rings is 1. The molecule has 0 aromatic heterocycles. The maximum atomic E-state index is 3.69. The van der Waals surface area contributed by atoms with Crippen LogP contribution in [0.15, 0.2) is 36.9 Å². The summed E-state index contributed by atoms with van der Waals surface area (Å²) in [4.78, 5) is 0. The second-order valence-corrected chi connectivity index (χ2v) is 3.47. The van der Waals surface area contributed by atoms with E-state index in [1.54, 1.807) is 0 Å². The van der Waals surface area contributed by atoms with Crippen LogP contribution in [0, 0.1) is 6.92 Å². The van der Waals surface area contributed by atoms with E-state index in [0.717, 1.165) is 12.8 Å². The van der Waals surface area contributed by atoms with Gasteiger partial charge in [-0.05, 0) is 36.5 Å². The molecule has 0 bridgehead atoms. The molecule has 74 valence electrons. The fourth-order valence-electron chi connectivity index (χ4n) is 1.48. The number of rotatable bonds is 4. The van der Waals surface area contributed by atoms with E-state index in [1.807, 2.05) is 6.08 Å². The average Bonchev–Trinajstić information content (AvgIpc) is 2.21. The summed E-state index contributed by atoms with van der Waals surface area (Å²) in [5.74, 6) is 0. The summed E-state index contributed by atoms with van der Waals surface area (Å²) < 4.78 is 0. The van der Waals surface area contributed by atoms with Crippen LogP contribution < -0.4 is 0 Å². The fraction of sp³-hybridized carbons (Fsp3) is 0.286. The molecule has 0 N–H and O–H groups in total. The van der Waals surface area contributed by atoms with Gasteiger partial charge in [-0.2, -0.15) is 0 Å². The minimum Gasteiger partial charge on any atom is -0.103 e. The first-order valence-corrected chi connectivity index (χ1v) is 5.15. The van der Waals surface area contributed by atoms with Gasteiger partial charge in [-0.25, -0.2) is 0 Å². The van der Waals surface area contributed by atoms with Crippen LogP contribution >= 0.6 is 0 Å². The third kappa shape index (κ3) is 2.88. The lowest BCUT2D eigenvalue weighted by atomic mass is 10.0. The van der Waals surface area contributed by atoms with Gasteiger partial charge < -0.3 is 0 Å². The molecule has 0 heteroatoms. The average molecular weight is 186 g/mol. The summed E-state index contributed by atoms with van der Waals surface area (Å²) in [5, 5.41) is 0. The number of hydrogen-bond acceptors (Lipinski definition) is 0. The summed E-state index contributed by atoms with van der Waals surface area (Å²) in [6.07, 6.45) is 8.24. The molecule has 14 heavy (non-hydrogen) atoms. The van der Waals surface area contributed by atoms with E-state index < -0.39 is 0 Å². The van der Waals surface area contributed by atoms with Crippen molar-refractivity contribution in [3.05, 3.63) is 53.6 Å². The van der Waals surface area contributed by atoms with Crippen LogP contribution in [0.5, 0.6) is 0 Å². The van der Waals surface area contributed by atoms with Gasteiger partial charge in [0.05, 0.1) is 0 Å². The lowest BCUT2D eigenvalue weighted by Gasteiger charge is -2.03. The van der Waals surface area contributed by atoms with Gasteiger partial charge in [0.25, 0.3) is 0 Å². The Morgan fingerprint density at radius 3 is 2.79 bits per heavy atom. The molecule has 0 unspecified atom stereocenters. The highest BCUT2D eigenvalue weighted by Crippen LogP contribution is 2.13. The predicted molar refractivity (Wildman–Crippen MR) is 64.4 cm³/mol. The van der Waals surface area contributed by atoms with Gasteiger partial charge in [0, 0.05) is 0 Å². The van der Waals surface area contributed by atoms with Gasteiger partial charge in [0.2, 0.25) is 0 Å². The standard InChI is InChI=1S/C14H18/c1-4-6-7-8-13-10-9-12(3)14(5-2)11-13/h4,7-11H,1,5-6H2,2-3H3/b8-7+. The Bertz CT molecular complexity index is 332. The lowest BCUT2D eigenvalue weighted by Crippen LogP contribution is -1.86. The first-order valence-electron chi connectivity index (χ1n) is 5.15. The lowest BCUT2D eigenvalue weighted by molar-refractivity contribution is 1.11. The van der Waals surface area contributed by atoms with Crippen LogP contribution in [0.4, 0.5) is 0 Å². The van der Waals surface area contributed by atoms with Crippen molar-refractivity contribution in [2.24, 2.45) is 0 Å². The molecule has 0 aliphatic rings. The quantitative estimate of drug-likeness (QED) is 0.620. The van der Waals surface area contributed by atoms with E-state index >= 15 is 0 Å². The third-order valence-corrected chi connectivity index (χ3v) is 2.37. The van der Waals surface area contributed by atoms with Gasteiger partial charge in [-0.1, -0.05) is 43.4 Å². The van der Waals surface area contributed by atoms with Crippen molar-refractivity contribution in [3.63, 3.8) is 0 Å². The number of allylic oxidation sites excluding steroid dienone is 2. The molecule has 1 aromatic carbocycles. The Hall–Kier alpha value is -1.30. The topological polar surface area (TPSA) is 0 Å². The third-order valence-electron chi connectivity index (χ3n) is 2.37. The monoisotopic (exact) mass is 186 g/mol. The molecular weight excluding hydrogens is 168 g/mol. The predicted octanol–water partition coefficient (Wildman–Crippen LogP) is 4.15. The Labute approximate surface area is 87.0 Å². The largest absolute Gasteiger partial charge is 0.103 e. The zero-order chi connectivity index (χ0) is 10.4. The Morgan fingerprint density at radius 1 is 1.36 bits per heavy atom. The zero-order valence-electron chi connectivity index (χ0n) is 9.09. The summed E-state index contributed by atoms with van der Waals surface area (Å²) in [5.41, 5.74) is 4.11. The Kier molecular flexibility index (Phi) is 4.18. The normalized spacial score (nSPS) is 10.7. The van der Waals surface area contributed by atoms with Gasteiger partial charge >= 0.3 is 0 Å². The van der Waals surface area contributed by atoms with Crippen molar-refractivity contribution in [1.29, 1.82) is 0 Å². The Morgan fingerprint density at radius 2 is 2.14 bits per heavy atom. The van der Waals surface area contributed by atoms with Crippen LogP contribution in [-0.4, -0.2) is 0 Å². The van der Waals surface area contributed by atoms with Crippen LogP contribution in [0.25, 0.3) is 6.08 Å². The maximum absolute atomic E-state index is 3.69. The molecule has 0 spiro atoms. The highest BCUT2D eigenvalue weighted by atomic mass is 14.0. The zero-order valence-corrected chi connectivity index (χ0v) is 9.09. The molecule has 0 nitrogen and oxygen atoms in total. The van der Waals surface area contributed by atoms with Crippen LogP contribution in [0.1, 0.15) is 30.0 Å². The van der Waals surface area contributed by atoms with Crippen molar-refractivity contribution in [1.82, 2.24) is 0 Å². The maximum Gasteiger partial charge on any atom is -0.0169 e. The molecule has 0 heterocycles. The number of aryl methyl sites for hydroxylation is 2. The van der Waals surface area contributed by atoms with E-state index in [9.17, 15) is 0 Å². The molecule has 1 aromatic rings. The van der Waals surface area contributed by atoms with E-state index in [0.29, 0.717) is 0 Å². The van der Waals surface area contributed by atoms with Crippen LogP contribution in [0.3, 0.4) is 0 Å². The van der Waals surface area contributed by atoms with Crippen LogP contribution in [0.2, 0.25) is 0 Å². The molecule has 0 radical (unpaired) electrons. The fourth-order valence-corrected chi connectivity index (χ4v) is 1.48. The van der Waals surface area contributed by atoms with E-state index in [1.165, 1.54) is 16.7 Å². The minimum absolute atomic E-state index is 0.940.